The predicted molar refractivity (Wildman–Crippen MR) is 102 cm³/mol. The lowest BCUT2D eigenvalue weighted by molar-refractivity contribution is -0.134. The molecule has 1 aliphatic carbocycles. The highest BCUT2D eigenvalue weighted by Gasteiger charge is 2.36. The minimum absolute atomic E-state index is 0.0957. The molecule has 0 amide bonds. The summed E-state index contributed by atoms with van der Waals surface area (Å²) in [7, 11) is 2.12. The third kappa shape index (κ3) is 3.01. The maximum atomic E-state index is 11.8. The molecule has 27 heavy (non-hydrogen) atoms. The van der Waals surface area contributed by atoms with Crippen molar-refractivity contribution in [2.75, 3.05) is 13.6 Å². The topological polar surface area (TPSA) is 55.8 Å². The molecule has 0 saturated heterocycles. The van der Waals surface area contributed by atoms with Gasteiger partial charge in [0.25, 0.3) is 0 Å². The van der Waals surface area contributed by atoms with Crippen LogP contribution in [0.4, 0.5) is 0 Å². The van der Waals surface area contributed by atoms with E-state index in [-0.39, 0.29) is 22.6 Å². The zero-order chi connectivity index (χ0) is 19.3. The fourth-order valence-corrected chi connectivity index (χ4v) is 4.43. The van der Waals surface area contributed by atoms with E-state index in [1.165, 1.54) is 25.0 Å². The number of esters is 2. The zero-order valence-electron chi connectivity index (χ0n) is 15.5. The first-order valence-electron chi connectivity index (χ1n) is 8.91. The molecule has 1 aliphatic heterocycles. The van der Waals surface area contributed by atoms with E-state index in [0.29, 0.717) is 0 Å². The summed E-state index contributed by atoms with van der Waals surface area (Å²) in [6.45, 7) is 3.61. The summed E-state index contributed by atoms with van der Waals surface area (Å²) >= 11 is 6.41. The largest absolute Gasteiger partial charge is 0.422 e. The van der Waals surface area contributed by atoms with E-state index >= 15 is 0 Å². The average molecular weight is 386 g/mol. The van der Waals surface area contributed by atoms with Gasteiger partial charge in [-0.2, -0.15) is 0 Å². The lowest BCUT2D eigenvalue weighted by atomic mass is 9.77. The summed E-state index contributed by atoms with van der Waals surface area (Å²) in [6.07, 6.45) is 1.73. The second kappa shape index (κ2) is 6.66. The summed E-state index contributed by atoms with van der Waals surface area (Å²) in [5, 5.41) is 0.262. The molecule has 5 nitrogen and oxygen atoms in total. The van der Waals surface area contributed by atoms with Gasteiger partial charge in [-0.15, -0.1) is 0 Å². The van der Waals surface area contributed by atoms with Gasteiger partial charge in [0.05, 0.1) is 5.02 Å². The van der Waals surface area contributed by atoms with Gasteiger partial charge in [0.15, 0.2) is 11.5 Å². The molecule has 0 aromatic heterocycles. The number of nitrogens with zero attached hydrogens (tertiary/aromatic N) is 1. The Balaban J connectivity index is 2.02. The molecule has 1 atom stereocenters. The van der Waals surface area contributed by atoms with Crippen LogP contribution < -0.4 is 9.47 Å². The van der Waals surface area contributed by atoms with Gasteiger partial charge in [0.2, 0.25) is 0 Å². The summed E-state index contributed by atoms with van der Waals surface area (Å²) in [4.78, 5) is 25.7. The molecule has 1 heterocycles. The van der Waals surface area contributed by atoms with E-state index in [9.17, 15) is 9.59 Å². The molecule has 0 unspecified atom stereocenters. The Morgan fingerprint density at radius 2 is 1.81 bits per heavy atom. The highest BCUT2D eigenvalue weighted by Crippen LogP contribution is 2.53. The van der Waals surface area contributed by atoms with E-state index in [1.54, 1.807) is 0 Å². The third-order valence-corrected chi connectivity index (χ3v) is 5.52. The quantitative estimate of drug-likeness (QED) is 0.579. The van der Waals surface area contributed by atoms with Crippen molar-refractivity contribution in [3.05, 3.63) is 46.0 Å². The molecule has 4 rings (SSSR count). The SMILES string of the molecule is CC(=O)Oc1c(Cl)cc2c(c1OC(C)=O)-c1cccc3c1[C@@H](C2)N(C)CC3. The van der Waals surface area contributed by atoms with Gasteiger partial charge in [-0.3, -0.25) is 14.5 Å². The molecule has 0 N–H and O–H groups in total. The Morgan fingerprint density at radius 3 is 2.52 bits per heavy atom. The number of fused-ring (bicyclic) bond motifs is 2. The minimum atomic E-state index is -0.520. The van der Waals surface area contributed by atoms with Crippen molar-refractivity contribution in [2.24, 2.45) is 0 Å². The van der Waals surface area contributed by atoms with E-state index in [4.69, 9.17) is 21.1 Å². The normalized spacial score (nSPS) is 17.7. The number of carbonyl (C=O) groups excluding carboxylic acids is 2. The molecule has 0 saturated carbocycles. The van der Waals surface area contributed by atoms with Crippen LogP contribution >= 0.6 is 11.6 Å². The highest BCUT2D eigenvalue weighted by atomic mass is 35.5. The molecule has 0 spiro atoms. The van der Waals surface area contributed by atoms with Gasteiger partial charge in [-0.05, 0) is 48.2 Å². The fraction of sp³-hybridized carbons (Fsp3) is 0.333. The molecule has 0 radical (unpaired) electrons. The van der Waals surface area contributed by atoms with E-state index in [0.717, 1.165) is 36.1 Å². The first kappa shape index (κ1) is 18.0. The Bertz CT molecular complexity index is 969. The molecular weight excluding hydrogens is 366 g/mol. The smallest absolute Gasteiger partial charge is 0.308 e. The number of hydrogen-bond donors (Lipinski definition) is 0. The van der Waals surface area contributed by atoms with E-state index < -0.39 is 11.9 Å². The molecule has 0 bridgehead atoms. The molecule has 2 aromatic rings. The first-order valence-corrected chi connectivity index (χ1v) is 9.29. The number of likely N-dealkylation sites (N-methyl/N-ethyl adjacent to an activating group) is 1. The standard InChI is InChI=1S/C21H20ClNO4/c1-11(24)26-20-16(22)9-14-10-17-18-13(7-8-23(17)3)5-4-6-15(18)19(14)21(20)27-12(2)25/h4-6,9,17H,7-8,10H2,1-3H3/t17-/m1/s1. The van der Waals surface area contributed by atoms with E-state index in [2.05, 4.69) is 18.0 Å². The number of halogens is 1. The van der Waals surface area contributed by atoms with Crippen LogP contribution in [0.2, 0.25) is 5.02 Å². The van der Waals surface area contributed by atoms with Crippen molar-refractivity contribution in [1.82, 2.24) is 4.90 Å². The van der Waals surface area contributed by atoms with Crippen LogP contribution in [0.15, 0.2) is 24.3 Å². The summed E-state index contributed by atoms with van der Waals surface area (Å²) in [5.41, 5.74) is 5.33. The van der Waals surface area contributed by atoms with Crippen molar-refractivity contribution in [3.8, 4) is 22.6 Å². The first-order chi connectivity index (χ1) is 12.9. The van der Waals surface area contributed by atoms with Crippen molar-refractivity contribution >= 4 is 23.5 Å². The van der Waals surface area contributed by atoms with Crippen LogP contribution in [0.5, 0.6) is 11.5 Å². The Morgan fingerprint density at radius 1 is 1.11 bits per heavy atom. The van der Waals surface area contributed by atoms with Crippen LogP contribution in [0.25, 0.3) is 11.1 Å². The van der Waals surface area contributed by atoms with Crippen molar-refractivity contribution < 1.29 is 19.1 Å². The Hall–Kier alpha value is -2.37. The van der Waals surface area contributed by atoms with Crippen molar-refractivity contribution in [2.45, 2.75) is 32.7 Å². The molecule has 0 fully saturated rings. The predicted octanol–water partition coefficient (Wildman–Crippen LogP) is 3.94. The van der Waals surface area contributed by atoms with Gasteiger partial charge in [-0.1, -0.05) is 29.8 Å². The van der Waals surface area contributed by atoms with Crippen LogP contribution in [-0.4, -0.2) is 30.4 Å². The fourth-order valence-electron chi connectivity index (χ4n) is 4.18. The molecule has 2 aromatic carbocycles. The zero-order valence-corrected chi connectivity index (χ0v) is 16.2. The molecule has 140 valence electrons. The maximum absolute atomic E-state index is 11.8. The van der Waals surface area contributed by atoms with Gasteiger partial charge < -0.3 is 9.47 Å². The Kier molecular flexibility index (Phi) is 4.44. The third-order valence-electron chi connectivity index (χ3n) is 5.24. The second-order valence-corrected chi connectivity index (χ2v) is 7.47. The summed E-state index contributed by atoms with van der Waals surface area (Å²) in [6, 6.07) is 8.27. The van der Waals surface area contributed by atoms with Gasteiger partial charge in [0.1, 0.15) is 0 Å². The van der Waals surface area contributed by atoms with Crippen LogP contribution in [-0.2, 0) is 22.4 Å². The summed E-state index contributed by atoms with van der Waals surface area (Å²) in [5.74, 6) is -0.690. The van der Waals surface area contributed by atoms with E-state index in [1.807, 2.05) is 18.2 Å². The molecule has 6 heteroatoms. The number of carbonyl (C=O) groups is 2. The van der Waals surface area contributed by atoms with Crippen molar-refractivity contribution in [1.29, 1.82) is 0 Å². The molecular formula is C21H20ClNO4. The lowest BCUT2D eigenvalue weighted by Gasteiger charge is -2.40. The van der Waals surface area contributed by atoms with Gasteiger partial charge in [0, 0.05) is 32.0 Å². The monoisotopic (exact) mass is 385 g/mol. The highest BCUT2D eigenvalue weighted by molar-refractivity contribution is 6.32. The number of benzene rings is 2. The minimum Gasteiger partial charge on any atom is -0.422 e. The second-order valence-electron chi connectivity index (χ2n) is 7.07. The van der Waals surface area contributed by atoms with Crippen LogP contribution in [0.1, 0.15) is 36.6 Å². The lowest BCUT2D eigenvalue weighted by Crippen LogP contribution is -2.35. The Labute approximate surface area is 162 Å². The average Bonchev–Trinajstić information content (AvgIpc) is 2.60. The van der Waals surface area contributed by atoms with Crippen molar-refractivity contribution in [3.63, 3.8) is 0 Å². The van der Waals surface area contributed by atoms with Crippen LogP contribution in [0, 0.1) is 0 Å². The van der Waals surface area contributed by atoms with Gasteiger partial charge in [-0.25, -0.2) is 0 Å². The number of ether oxygens (including phenoxy) is 2. The number of hydrogen-bond acceptors (Lipinski definition) is 5. The van der Waals surface area contributed by atoms with Gasteiger partial charge >= 0.3 is 11.9 Å². The molecule has 2 aliphatic rings. The number of rotatable bonds is 2. The van der Waals surface area contributed by atoms with Crippen LogP contribution in [0.3, 0.4) is 0 Å². The summed E-state index contributed by atoms with van der Waals surface area (Å²) < 4.78 is 10.8. The maximum Gasteiger partial charge on any atom is 0.308 e.